The second kappa shape index (κ2) is 12.0. The van der Waals surface area contributed by atoms with Crippen LogP contribution in [0.15, 0.2) is 48.5 Å². The summed E-state index contributed by atoms with van der Waals surface area (Å²) in [4.78, 5) is 24.5. The molecule has 2 aliphatic heterocycles. The van der Waals surface area contributed by atoms with Crippen LogP contribution in [0.3, 0.4) is 0 Å². The Balaban J connectivity index is 1.16. The monoisotopic (exact) mass is 498 g/mol. The summed E-state index contributed by atoms with van der Waals surface area (Å²) >= 11 is 0. The van der Waals surface area contributed by atoms with Gasteiger partial charge in [-0.1, -0.05) is 38.1 Å². The van der Waals surface area contributed by atoms with E-state index in [0.29, 0.717) is 64.0 Å². The molecule has 2 aromatic carbocycles. The fraction of sp³-hybridized carbons (Fsp3) is 0.500. The van der Waals surface area contributed by atoms with Crippen molar-refractivity contribution in [2.75, 3.05) is 66.1 Å². The van der Waals surface area contributed by atoms with Gasteiger partial charge in [0, 0.05) is 10.8 Å². The highest BCUT2D eigenvalue weighted by atomic mass is 16.6. The van der Waals surface area contributed by atoms with E-state index in [9.17, 15) is 9.59 Å². The molecule has 2 aromatic rings. The Morgan fingerprint density at radius 3 is 1.31 bits per heavy atom. The Kier molecular flexibility index (Phi) is 8.74. The molecule has 194 valence electrons. The molecule has 0 aliphatic carbocycles. The molecule has 0 radical (unpaired) electrons. The number of benzene rings is 2. The highest BCUT2D eigenvalue weighted by Gasteiger charge is 2.34. The van der Waals surface area contributed by atoms with Gasteiger partial charge >= 0.3 is 11.9 Å². The summed E-state index contributed by atoms with van der Waals surface area (Å²) in [7, 11) is 0. The molecule has 8 nitrogen and oxygen atoms in total. The molecule has 2 fully saturated rings. The van der Waals surface area contributed by atoms with Crippen molar-refractivity contribution in [3.05, 3.63) is 59.7 Å². The zero-order valence-electron chi connectivity index (χ0n) is 21.0. The highest BCUT2D eigenvalue weighted by Crippen LogP contribution is 2.27. The van der Waals surface area contributed by atoms with Crippen molar-refractivity contribution >= 4 is 11.9 Å². The van der Waals surface area contributed by atoms with Gasteiger partial charge in [0.2, 0.25) is 0 Å². The van der Waals surface area contributed by atoms with Crippen LogP contribution in [0.1, 0.15) is 34.6 Å². The lowest BCUT2D eigenvalue weighted by Crippen LogP contribution is -2.43. The smallest absolute Gasteiger partial charge is 0.338 e. The first-order valence-corrected chi connectivity index (χ1v) is 12.2. The average molecular weight is 499 g/mol. The largest absolute Gasteiger partial charge is 0.460 e. The molecule has 36 heavy (non-hydrogen) atoms. The van der Waals surface area contributed by atoms with E-state index in [1.54, 1.807) is 24.3 Å². The van der Waals surface area contributed by atoms with Gasteiger partial charge < -0.3 is 28.4 Å². The molecule has 0 N–H and O–H groups in total. The number of ether oxygens (including phenoxy) is 6. The molecule has 0 saturated carbocycles. The van der Waals surface area contributed by atoms with Crippen LogP contribution in [0.2, 0.25) is 0 Å². The van der Waals surface area contributed by atoms with Crippen LogP contribution in [-0.4, -0.2) is 78.0 Å². The third-order valence-electron chi connectivity index (χ3n) is 6.20. The maximum atomic E-state index is 12.3. The van der Waals surface area contributed by atoms with E-state index in [2.05, 4.69) is 13.8 Å². The van der Waals surface area contributed by atoms with Crippen LogP contribution in [0, 0.1) is 10.8 Å². The van der Waals surface area contributed by atoms with Crippen LogP contribution in [0.5, 0.6) is 0 Å². The van der Waals surface area contributed by atoms with Gasteiger partial charge in [0.15, 0.2) is 0 Å². The number of carbonyl (C=O) groups is 2. The molecule has 8 heteroatoms. The molecular formula is C28H34O8. The number of hydrogen-bond acceptors (Lipinski definition) is 8. The van der Waals surface area contributed by atoms with E-state index in [0.717, 1.165) is 11.1 Å². The Morgan fingerprint density at radius 2 is 1.00 bits per heavy atom. The summed E-state index contributed by atoms with van der Waals surface area (Å²) in [5.74, 6) is -0.777. The topological polar surface area (TPSA) is 89.5 Å². The molecule has 2 aliphatic rings. The van der Waals surface area contributed by atoms with E-state index in [1.807, 2.05) is 24.3 Å². The first-order chi connectivity index (χ1) is 17.4. The molecule has 0 bridgehead atoms. The van der Waals surface area contributed by atoms with Crippen molar-refractivity contribution in [1.29, 1.82) is 0 Å². The molecule has 2 saturated heterocycles. The predicted octanol–water partition coefficient (Wildman–Crippen LogP) is 3.77. The van der Waals surface area contributed by atoms with E-state index < -0.39 is 0 Å². The second-order valence-electron chi connectivity index (χ2n) is 10.1. The molecule has 0 spiro atoms. The maximum absolute atomic E-state index is 12.3. The van der Waals surface area contributed by atoms with Crippen molar-refractivity contribution in [2.24, 2.45) is 10.8 Å². The molecule has 0 unspecified atom stereocenters. The van der Waals surface area contributed by atoms with Crippen molar-refractivity contribution in [1.82, 2.24) is 0 Å². The van der Waals surface area contributed by atoms with Gasteiger partial charge in [-0.3, -0.25) is 0 Å². The Bertz CT molecular complexity index is 923. The lowest BCUT2D eigenvalue weighted by molar-refractivity contribution is -0.139. The van der Waals surface area contributed by atoms with Crippen molar-refractivity contribution in [3.63, 3.8) is 0 Å². The number of carbonyl (C=O) groups excluding carboxylic acids is 2. The SMILES string of the molecule is CC1(COCCOC(=O)c2ccc(-c3ccc(C(=O)OCCOCC4(C)COC4)cc3)cc2)COC1. The quantitative estimate of drug-likeness (QED) is 0.305. The Labute approximate surface area is 211 Å². The van der Waals surface area contributed by atoms with Gasteiger partial charge in [0.25, 0.3) is 0 Å². The van der Waals surface area contributed by atoms with Gasteiger partial charge in [-0.15, -0.1) is 0 Å². The highest BCUT2D eigenvalue weighted by molar-refractivity contribution is 5.91. The van der Waals surface area contributed by atoms with Crippen molar-refractivity contribution in [2.45, 2.75) is 13.8 Å². The van der Waals surface area contributed by atoms with Crippen LogP contribution >= 0.6 is 0 Å². The zero-order valence-corrected chi connectivity index (χ0v) is 21.0. The summed E-state index contributed by atoms with van der Waals surface area (Å²) in [5.41, 5.74) is 2.95. The van der Waals surface area contributed by atoms with E-state index in [4.69, 9.17) is 28.4 Å². The molecule has 0 aromatic heterocycles. The van der Waals surface area contributed by atoms with Crippen molar-refractivity contribution in [3.8, 4) is 11.1 Å². The minimum absolute atomic E-state index is 0.0805. The number of rotatable bonds is 13. The van der Waals surface area contributed by atoms with E-state index in [1.165, 1.54) is 0 Å². The lowest BCUT2D eigenvalue weighted by Gasteiger charge is -2.37. The molecule has 4 rings (SSSR count). The van der Waals surface area contributed by atoms with E-state index >= 15 is 0 Å². The Morgan fingerprint density at radius 1 is 0.639 bits per heavy atom. The van der Waals surface area contributed by atoms with Gasteiger partial charge in [0.05, 0.1) is 64.0 Å². The molecule has 2 heterocycles. The average Bonchev–Trinajstić information content (AvgIpc) is 2.86. The third-order valence-corrected chi connectivity index (χ3v) is 6.20. The standard InChI is InChI=1S/C28H34O8/c1-27(17-33-18-27)15-31-11-13-35-25(29)23-7-3-21(4-8-23)22-5-9-24(10-6-22)26(30)36-14-12-32-16-28(2)19-34-20-28/h3-10H,11-20H2,1-2H3. The minimum atomic E-state index is -0.388. The van der Waals surface area contributed by atoms with E-state index in [-0.39, 0.29) is 36.0 Å². The second-order valence-corrected chi connectivity index (χ2v) is 10.1. The normalized spacial score (nSPS) is 17.5. The van der Waals surface area contributed by atoms with Gasteiger partial charge in [-0.25, -0.2) is 9.59 Å². The zero-order chi connectivity index (χ0) is 25.4. The van der Waals surface area contributed by atoms with Crippen LogP contribution in [-0.2, 0) is 28.4 Å². The summed E-state index contributed by atoms with van der Waals surface area (Å²) in [6, 6.07) is 14.3. The van der Waals surface area contributed by atoms with Crippen LogP contribution in [0.25, 0.3) is 11.1 Å². The maximum Gasteiger partial charge on any atom is 0.338 e. The molecular weight excluding hydrogens is 464 g/mol. The van der Waals surface area contributed by atoms with Crippen LogP contribution < -0.4 is 0 Å². The summed E-state index contributed by atoms with van der Waals surface area (Å²) in [5, 5.41) is 0. The summed E-state index contributed by atoms with van der Waals surface area (Å²) in [6.07, 6.45) is 0. The lowest BCUT2D eigenvalue weighted by atomic mass is 9.90. The summed E-state index contributed by atoms with van der Waals surface area (Å²) < 4.78 is 32.1. The predicted molar refractivity (Wildman–Crippen MR) is 132 cm³/mol. The Hall–Kier alpha value is -2.78. The third kappa shape index (κ3) is 7.13. The first kappa shape index (κ1) is 26.3. The van der Waals surface area contributed by atoms with Crippen LogP contribution in [0.4, 0.5) is 0 Å². The number of esters is 2. The van der Waals surface area contributed by atoms with Gasteiger partial charge in [0.1, 0.15) is 13.2 Å². The van der Waals surface area contributed by atoms with Gasteiger partial charge in [-0.05, 0) is 35.4 Å². The molecule has 0 atom stereocenters. The summed E-state index contributed by atoms with van der Waals surface area (Å²) in [6.45, 7) is 9.35. The van der Waals surface area contributed by atoms with Gasteiger partial charge in [-0.2, -0.15) is 0 Å². The molecule has 0 amide bonds. The fourth-order valence-corrected chi connectivity index (χ4v) is 3.86. The first-order valence-electron chi connectivity index (χ1n) is 12.2. The minimum Gasteiger partial charge on any atom is -0.460 e. The fourth-order valence-electron chi connectivity index (χ4n) is 3.86. The number of hydrogen-bond donors (Lipinski definition) is 0. The van der Waals surface area contributed by atoms with Crippen molar-refractivity contribution < 1.29 is 38.0 Å².